The van der Waals surface area contributed by atoms with E-state index in [1.54, 1.807) is 0 Å². The van der Waals surface area contributed by atoms with Gasteiger partial charge in [-0.3, -0.25) is 0 Å². The van der Waals surface area contributed by atoms with Crippen molar-refractivity contribution in [3.8, 4) is 0 Å². The van der Waals surface area contributed by atoms with Gasteiger partial charge in [0.05, 0.1) is 5.52 Å². The topological polar surface area (TPSA) is 15.8 Å². The molecule has 1 nitrogen and oxygen atoms in total. The van der Waals surface area contributed by atoms with E-state index >= 15 is 0 Å². The van der Waals surface area contributed by atoms with Gasteiger partial charge in [-0.05, 0) is 37.0 Å². The molecule has 0 atom stereocenters. The molecular formula is C19H19N. The van der Waals surface area contributed by atoms with Gasteiger partial charge < -0.3 is 4.98 Å². The van der Waals surface area contributed by atoms with E-state index in [-0.39, 0.29) is 0 Å². The lowest BCUT2D eigenvalue weighted by atomic mass is 10.1. The van der Waals surface area contributed by atoms with Crippen LogP contribution < -0.4 is 0 Å². The molecule has 1 N–H and O–H groups in total. The molecule has 20 heavy (non-hydrogen) atoms. The summed E-state index contributed by atoms with van der Waals surface area (Å²) in [5.74, 6) is 0. The number of allylic oxidation sites excluding steroid dienone is 1. The number of para-hydroxylation sites is 1. The van der Waals surface area contributed by atoms with E-state index in [0.717, 1.165) is 6.42 Å². The molecule has 0 aliphatic heterocycles. The molecule has 0 saturated heterocycles. The highest BCUT2D eigenvalue weighted by molar-refractivity contribution is 5.91. The fourth-order valence-corrected chi connectivity index (χ4v) is 2.58. The maximum atomic E-state index is 3.49. The Bertz CT molecular complexity index is 748. The Balaban J connectivity index is 1.89. The lowest BCUT2D eigenvalue weighted by Gasteiger charge is -1.98. The van der Waals surface area contributed by atoms with Crippen LogP contribution in [0.25, 0.3) is 17.0 Å². The normalized spacial score (nSPS) is 11.5. The van der Waals surface area contributed by atoms with Crippen LogP contribution in [0.15, 0.2) is 54.6 Å². The Morgan fingerprint density at radius 2 is 1.75 bits per heavy atom. The van der Waals surface area contributed by atoms with Crippen LogP contribution in [0.5, 0.6) is 0 Å². The summed E-state index contributed by atoms with van der Waals surface area (Å²) in [6, 6.07) is 17.0. The first-order chi connectivity index (χ1) is 9.75. The summed E-state index contributed by atoms with van der Waals surface area (Å²) in [4.78, 5) is 3.49. The van der Waals surface area contributed by atoms with Gasteiger partial charge in [-0.2, -0.15) is 0 Å². The van der Waals surface area contributed by atoms with Crippen LogP contribution in [0.3, 0.4) is 0 Å². The molecule has 100 valence electrons. The minimum atomic E-state index is 0.968. The summed E-state index contributed by atoms with van der Waals surface area (Å²) in [6.45, 7) is 4.30. The van der Waals surface area contributed by atoms with Crippen molar-refractivity contribution < 1.29 is 0 Å². The first-order valence-corrected chi connectivity index (χ1v) is 7.04. The fraction of sp³-hybridized carbons (Fsp3) is 0.158. The lowest BCUT2D eigenvalue weighted by molar-refractivity contribution is 1.25. The summed E-state index contributed by atoms with van der Waals surface area (Å²) < 4.78 is 0. The number of rotatable bonds is 3. The molecule has 0 saturated carbocycles. The minimum absolute atomic E-state index is 0.968. The first-order valence-electron chi connectivity index (χ1n) is 7.04. The maximum absolute atomic E-state index is 3.49. The molecule has 0 spiro atoms. The molecule has 0 aliphatic carbocycles. The van der Waals surface area contributed by atoms with Crippen molar-refractivity contribution in [2.45, 2.75) is 20.3 Å². The molecule has 1 heteroatoms. The Hall–Kier alpha value is -2.28. The van der Waals surface area contributed by atoms with Crippen molar-refractivity contribution in [2.75, 3.05) is 0 Å². The molecule has 0 amide bonds. The van der Waals surface area contributed by atoms with Crippen LogP contribution in [0.2, 0.25) is 0 Å². The second-order valence-corrected chi connectivity index (χ2v) is 5.24. The van der Waals surface area contributed by atoms with E-state index in [0.29, 0.717) is 0 Å². The third kappa shape index (κ3) is 2.39. The van der Waals surface area contributed by atoms with Crippen LogP contribution in [0.1, 0.15) is 22.4 Å². The van der Waals surface area contributed by atoms with Crippen LogP contribution in [0.4, 0.5) is 0 Å². The monoisotopic (exact) mass is 261 g/mol. The van der Waals surface area contributed by atoms with Gasteiger partial charge in [-0.15, -0.1) is 0 Å². The number of hydrogen-bond donors (Lipinski definition) is 1. The van der Waals surface area contributed by atoms with Gasteiger partial charge in [0, 0.05) is 11.1 Å². The van der Waals surface area contributed by atoms with Crippen molar-refractivity contribution in [1.29, 1.82) is 0 Å². The zero-order valence-electron chi connectivity index (χ0n) is 12.0. The summed E-state index contributed by atoms with van der Waals surface area (Å²) in [7, 11) is 0. The number of nitrogens with one attached hydrogen (secondary N) is 1. The van der Waals surface area contributed by atoms with Gasteiger partial charge in [0.2, 0.25) is 0 Å². The van der Waals surface area contributed by atoms with Crippen LogP contribution in [-0.2, 0) is 6.42 Å². The van der Waals surface area contributed by atoms with Crippen LogP contribution in [-0.4, -0.2) is 4.98 Å². The fourth-order valence-electron chi connectivity index (χ4n) is 2.58. The zero-order valence-corrected chi connectivity index (χ0v) is 12.0. The Kier molecular flexibility index (Phi) is 3.42. The van der Waals surface area contributed by atoms with Gasteiger partial charge >= 0.3 is 0 Å². The molecule has 3 rings (SSSR count). The van der Waals surface area contributed by atoms with E-state index in [4.69, 9.17) is 0 Å². The summed E-state index contributed by atoms with van der Waals surface area (Å²) >= 11 is 0. The number of hydrogen-bond acceptors (Lipinski definition) is 0. The maximum Gasteiger partial charge on any atom is 0.0532 e. The molecule has 1 aromatic heterocycles. The molecule has 3 aromatic rings. The molecule has 0 aliphatic rings. The zero-order chi connectivity index (χ0) is 13.9. The predicted molar refractivity (Wildman–Crippen MR) is 87.0 cm³/mol. The number of aromatic nitrogens is 1. The second kappa shape index (κ2) is 5.38. The SMILES string of the molecule is Cc1[nH]c2c(/C=C/Cc3ccccc3)cccc2c1C. The highest BCUT2D eigenvalue weighted by Gasteiger charge is 2.05. The Labute approximate surface area is 120 Å². The molecule has 0 fully saturated rings. The highest BCUT2D eigenvalue weighted by Crippen LogP contribution is 2.25. The molecule has 0 bridgehead atoms. The Morgan fingerprint density at radius 3 is 2.55 bits per heavy atom. The predicted octanol–water partition coefficient (Wildman–Crippen LogP) is 5.04. The van der Waals surface area contributed by atoms with E-state index in [2.05, 4.69) is 79.5 Å². The number of aryl methyl sites for hydroxylation is 2. The number of H-pyrrole nitrogens is 1. The van der Waals surface area contributed by atoms with Crippen molar-refractivity contribution in [1.82, 2.24) is 4.98 Å². The standard InChI is InChI=1S/C19H19N/c1-14-15(2)20-19-17(12-7-13-18(14)19)11-6-10-16-8-4-3-5-9-16/h3-9,11-13,20H,10H2,1-2H3/b11-6+. The lowest BCUT2D eigenvalue weighted by Crippen LogP contribution is -1.80. The molecule has 1 heterocycles. The largest absolute Gasteiger partial charge is 0.358 e. The van der Waals surface area contributed by atoms with Gasteiger partial charge in [-0.25, -0.2) is 0 Å². The van der Waals surface area contributed by atoms with Crippen molar-refractivity contribution in [2.24, 2.45) is 0 Å². The van der Waals surface area contributed by atoms with E-state index < -0.39 is 0 Å². The van der Waals surface area contributed by atoms with E-state index in [1.807, 2.05) is 0 Å². The highest BCUT2D eigenvalue weighted by atomic mass is 14.7. The van der Waals surface area contributed by atoms with E-state index in [1.165, 1.54) is 33.3 Å². The van der Waals surface area contributed by atoms with Crippen LogP contribution >= 0.6 is 0 Å². The van der Waals surface area contributed by atoms with Gasteiger partial charge in [-0.1, -0.05) is 60.7 Å². The molecule has 0 unspecified atom stereocenters. The average molecular weight is 261 g/mol. The van der Waals surface area contributed by atoms with Crippen molar-refractivity contribution in [3.05, 3.63) is 77.0 Å². The molecule has 0 radical (unpaired) electrons. The molecular weight excluding hydrogens is 242 g/mol. The number of benzene rings is 2. The van der Waals surface area contributed by atoms with Crippen LogP contribution in [0, 0.1) is 13.8 Å². The smallest absolute Gasteiger partial charge is 0.0532 e. The minimum Gasteiger partial charge on any atom is -0.358 e. The first kappa shape index (κ1) is 12.7. The number of aromatic amines is 1. The van der Waals surface area contributed by atoms with Crippen molar-refractivity contribution >= 4 is 17.0 Å². The summed E-state index contributed by atoms with van der Waals surface area (Å²) in [5, 5.41) is 1.32. The second-order valence-electron chi connectivity index (χ2n) is 5.24. The summed E-state index contributed by atoms with van der Waals surface area (Å²) in [6.07, 6.45) is 5.41. The van der Waals surface area contributed by atoms with E-state index in [9.17, 15) is 0 Å². The number of fused-ring (bicyclic) bond motifs is 1. The van der Waals surface area contributed by atoms with Gasteiger partial charge in [0.1, 0.15) is 0 Å². The average Bonchev–Trinajstić information content (AvgIpc) is 2.77. The molecule has 2 aromatic carbocycles. The van der Waals surface area contributed by atoms with Crippen molar-refractivity contribution in [3.63, 3.8) is 0 Å². The van der Waals surface area contributed by atoms with Gasteiger partial charge in [0.15, 0.2) is 0 Å². The van der Waals surface area contributed by atoms with Gasteiger partial charge in [0.25, 0.3) is 0 Å². The third-order valence-electron chi connectivity index (χ3n) is 3.87. The quantitative estimate of drug-likeness (QED) is 0.679. The summed E-state index contributed by atoms with van der Waals surface area (Å²) in [5.41, 5.74) is 6.44. The Morgan fingerprint density at radius 1 is 0.950 bits per heavy atom. The third-order valence-corrected chi connectivity index (χ3v) is 3.87.